The summed E-state index contributed by atoms with van der Waals surface area (Å²) in [5, 5.41) is 3.70. The van der Waals surface area contributed by atoms with E-state index in [9.17, 15) is 9.59 Å². The highest BCUT2D eigenvalue weighted by Crippen LogP contribution is 2.14. The highest BCUT2D eigenvalue weighted by molar-refractivity contribution is 6.30. The summed E-state index contributed by atoms with van der Waals surface area (Å²) in [7, 11) is 0. The molecule has 0 heterocycles. The van der Waals surface area contributed by atoms with Gasteiger partial charge in [0.05, 0.1) is 12.2 Å². The van der Waals surface area contributed by atoms with Crippen molar-refractivity contribution in [3.8, 4) is 0 Å². The third-order valence-corrected chi connectivity index (χ3v) is 3.47. The molecule has 2 rings (SSSR count). The number of halogens is 1. The van der Waals surface area contributed by atoms with E-state index >= 15 is 0 Å². The Balaban J connectivity index is 2.03. The Bertz CT molecular complexity index is 749. The number of benzene rings is 2. The number of hydrogen-bond donors (Lipinski definition) is 1. The van der Waals surface area contributed by atoms with E-state index in [1.165, 1.54) is 6.08 Å². The normalized spacial score (nSPS) is 11.0. The van der Waals surface area contributed by atoms with Crippen molar-refractivity contribution in [1.82, 2.24) is 0 Å². The number of rotatable bonds is 6. The minimum atomic E-state index is -0.353. The number of ether oxygens (including phenoxy) is 1. The lowest BCUT2D eigenvalue weighted by Crippen LogP contribution is -2.05. The molecule has 1 N–H and O–H groups in total. The second kappa shape index (κ2) is 8.31. The first-order valence-electron chi connectivity index (χ1n) is 7.52. The van der Waals surface area contributed by atoms with Crippen LogP contribution in [0.5, 0.6) is 0 Å². The molecule has 5 heteroatoms. The van der Waals surface area contributed by atoms with E-state index in [4.69, 9.17) is 16.3 Å². The summed E-state index contributed by atoms with van der Waals surface area (Å²) in [6, 6.07) is 13.6. The first-order valence-corrected chi connectivity index (χ1v) is 7.90. The summed E-state index contributed by atoms with van der Waals surface area (Å²) in [5.74, 6) is -0.464. The van der Waals surface area contributed by atoms with E-state index in [2.05, 4.69) is 5.32 Å². The predicted molar refractivity (Wildman–Crippen MR) is 95.6 cm³/mol. The lowest BCUT2D eigenvalue weighted by Gasteiger charge is -2.08. The summed E-state index contributed by atoms with van der Waals surface area (Å²) in [4.78, 5) is 23.7. The molecule has 24 heavy (non-hydrogen) atoms. The standard InChI is InChI=1S/C19H18ClNO3/c1-3-24-19(23)15-6-10-17(11-7-15)21-13(2)12-18(22)14-4-8-16(20)9-5-14/h4-12,21H,3H2,1-2H3/b13-12+. The van der Waals surface area contributed by atoms with E-state index in [-0.39, 0.29) is 11.8 Å². The Morgan fingerprint density at radius 1 is 1.04 bits per heavy atom. The Morgan fingerprint density at radius 3 is 2.21 bits per heavy atom. The van der Waals surface area contributed by atoms with E-state index in [0.29, 0.717) is 28.5 Å². The number of hydrogen-bond acceptors (Lipinski definition) is 4. The van der Waals surface area contributed by atoms with Gasteiger partial charge in [0.2, 0.25) is 0 Å². The largest absolute Gasteiger partial charge is 0.462 e. The molecule has 0 saturated carbocycles. The fourth-order valence-electron chi connectivity index (χ4n) is 2.06. The average molecular weight is 344 g/mol. The van der Waals surface area contributed by atoms with Gasteiger partial charge in [0.1, 0.15) is 0 Å². The van der Waals surface area contributed by atoms with Gasteiger partial charge in [-0.1, -0.05) is 11.6 Å². The van der Waals surface area contributed by atoms with Gasteiger partial charge in [-0.15, -0.1) is 0 Å². The molecule has 0 radical (unpaired) electrons. The van der Waals surface area contributed by atoms with Crippen molar-refractivity contribution >= 4 is 29.0 Å². The van der Waals surface area contributed by atoms with Gasteiger partial charge in [-0.25, -0.2) is 4.79 Å². The van der Waals surface area contributed by atoms with E-state index in [0.717, 1.165) is 5.69 Å². The van der Waals surface area contributed by atoms with Gasteiger partial charge in [0.15, 0.2) is 5.78 Å². The molecular formula is C19H18ClNO3. The zero-order valence-electron chi connectivity index (χ0n) is 13.5. The quantitative estimate of drug-likeness (QED) is 0.468. The maximum Gasteiger partial charge on any atom is 0.338 e. The first kappa shape index (κ1) is 17.8. The van der Waals surface area contributed by atoms with Gasteiger partial charge in [-0.05, 0) is 62.4 Å². The zero-order chi connectivity index (χ0) is 17.5. The molecule has 4 nitrogen and oxygen atoms in total. The summed E-state index contributed by atoms with van der Waals surface area (Å²) < 4.78 is 4.93. The van der Waals surface area contributed by atoms with Gasteiger partial charge < -0.3 is 10.1 Å². The molecule has 124 valence electrons. The third-order valence-electron chi connectivity index (χ3n) is 3.21. The van der Waals surface area contributed by atoms with Crippen molar-refractivity contribution in [2.45, 2.75) is 13.8 Å². The zero-order valence-corrected chi connectivity index (χ0v) is 14.3. The Morgan fingerprint density at radius 2 is 1.62 bits per heavy atom. The lowest BCUT2D eigenvalue weighted by molar-refractivity contribution is 0.0526. The van der Waals surface area contributed by atoms with Gasteiger partial charge in [0.25, 0.3) is 0 Å². The number of anilines is 1. The monoisotopic (exact) mass is 343 g/mol. The van der Waals surface area contributed by atoms with Crippen LogP contribution in [0.3, 0.4) is 0 Å². The molecule has 0 fully saturated rings. The molecule has 0 amide bonds. The highest BCUT2D eigenvalue weighted by atomic mass is 35.5. The third kappa shape index (κ3) is 4.96. The first-order chi connectivity index (χ1) is 11.5. The van der Waals surface area contributed by atoms with Crippen molar-refractivity contribution in [3.63, 3.8) is 0 Å². The number of ketones is 1. The van der Waals surface area contributed by atoms with Crippen LogP contribution in [-0.4, -0.2) is 18.4 Å². The van der Waals surface area contributed by atoms with Crippen LogP contribution in [0.4, 0.5) is 5.69 Å². The fourth-order valence-corrected chi connectivity index (χ4v) is 2.19. The van der Waals surface area contributed by atoms with Crippen molar-refractivity contribution in [2.75, 3.05) is 11.9 Å². The molecule has 0 bridgehead atoms. The van der Waals surface area contributed by atoms with Gasteiger partial charge in [0, 0.05) is 28.0 Å². The highest BCUT2D eigenvalue weighted by Gasteiger charge is 2.06. The maximum atomic E-state index is 12.2. The van der Waals surface area contributed by atoms with Crippen LogP contribution in [0.15, 0.2) is 60.3 Å². The van der Waals surface area contributed by atoms with Crippen LogP contribution < -0.4 is 5.32 Å². The molecule has 0 atom stereocenters. The number of nitrogens with one attached hydrogen (secondary N) is 1. The van der Waals surface area contributed by atoms with Crippen LogP contribution in [0, 0.1) is 0 Å². The Hall–Kier alpha value is -2.59. The lowest BCUT2D eigenvalue weighted by atomic mass is 10.1. The van der Waals surface area contributed by atoms with Gasteiger partial charge in [-0.3, -0.25) is 4.79 Å². The Labute approximate surface area is 146 Å². The molecule has 0 aromatic heterocycles. The molecule has 0 saturated heterocycles. The minimum Gasteiger partial charge on any atom is -0.462 e. The van der Waals surface area contributed by atoms with Crippen molar-refractivity contribution in [2.24, 2.45) is 0 Å². The fraction of sp³-hybridized carbons (Fsp3) is 0.158. The molecular weight excluding hydrogens is 326 g/mol. The number of allylic oxidation sites excluding steroid dienone is 2. The van der Waals surface area contributed by atoms with Crippen molar-refractivity contribution in [1.29, 1.82) is 0 Å². The van der Waals surface area contributed by atoms with Crippen LogP contribution >= 0.6 is 11.6 Å². The smallest absolute Gasteiger partial charge is 0.338 e. The minimum absolute atomic E-state index is 0.111. The molecule has 2 aromatic rings. The van der Waals surface area contributed by atoms with Crippen LogP contribution in [0.25, 0.3) is 0 Å². The second-order valence-corrected chi connectivity index (χ2v) is 5.56. The molecule has 2 aromatic carbocycles. The van der Waals surface area contributed by atoms with Crippen LogP contribution in [0.1, 0.15) is 34.6 Å². The topological polar surface area (TPSA) is 55.4 Å². The number of carbonyl (C=O) groups excluding carboxylic acids is 2. The van der Waals surface area contributed by atoms with E-state index in [1.807, 2.05) is 0 Å². The number of esters is 1. The molecule has 0 aliphatic carbocycles. The molecule has 0 aliphatic heterocycles. The predicted octanol–water partition coefficient (Wildman–Crippen LogP) is 4.72. The SMILES string of the molecule is CCOC(=O)c1ccc(N/C(C)=C/C(=O)c2ccc(Cl)cc2)cc1. The van der Waals surface area contributed by atoms with E-state index in [1.54, 1.807) is 62.4 Å². The van der Waals surface area contributed by atoms with Crippen LogP contribution in [-0.2, 0) is 4.74 Å². The average Bonchev–Trinajstić information content (AvgIpc) is 2.56. The van der Waals surface area contributed by atoms with E-state index < -0.39 is 0 Å². The van der Waals surface area contributed by atoms with Crippen LogP contribution in [0.2, 0.25) is 5.02 Å². The molecule has 0 spiro atoms. The summed E-state index contributed by atoms with van der Waals surface area (Å²) >= 11 is 5.81. The van der Waals surface area contributed by atoms with Crippen molar-refractivity contribution in [3.05, 3.63) is 76.5 Å². The van der Waals surface area contributed by atoms with Gasteiger partial charge in [-0.2, -0.15) is 0 Å². The Kier molecular flexibility index (Phi) is 6.15. The molecule has 0 aliphatic rings. The summed E-state index contributed by atoms with van der Waals surface area (Å²) in [6.07, 6.45) is 1.52. The van der Waals surface area contributed by atoms with Gasteiger partial charge >= 0.3 is 5.97 Å². The maximum absolute atomic E-state index is 12.2. The van der Waals surface area contributed by atoms with Crippen molar-refractivity contribution < 1.29 is 14.3 Å². The second-order valence-electron chi connectivity index (χ2n) is 5.12. The molecule has 0 unspecified atom stereocenters. The number of carbonyl (C=O) groups is 2. The summed E-state index contributed by atoms with van der Waals surface area (Å²) in [6.45, 7) is 3.90. The summed E-state index contributed by atoms with van der Waals surface area (Å²) in [5.41, 5.74) is 2.53.